The van der Waals surface area contributed by atoms with Gasteiger partial charge >= 0.3 is 0 Å². The van der Waals surface area contributed by atoms with Crippen LogP contribution in [0.15, 0.2) is 36.9 Å². The monoisotopic (exact) mass is 162 g/mol. The summed E-state index contributed by atoms with van der Waals surface area (Å²) >= 11 is 0. The fourth-order valence-electron chi connectivity index (χ4n) is 0.977. The Morgan fingerprint density at radius 2 is 2.00 bits per heavy atom. The molecular weight excluding hydrogens is 148 g/mol. The minimum absolute atomic E-state index is 0.575. The molecule has 0 aliphatic heterocycles. The third-order valence-electron chi connectivity index (χ3n) is 1.70. The van der Waals surface area contributed by atoms with E-state index in [4.69, 9.17) is 4.74 Å². The van der Waals surface area contributed by atoms with Gasteiger partial charge in [-0.05, 0) is 24.1 Å². The Hall–Kier alpha value is -1.24. The van der Waals surface area contributed by atoms with Crippen LogP contribution in [0.25, 0.3) is 0 Å². The van der Waals surface area contributed by atoms with Crippen molar-refractivity contribution in [1.29, 1.82) is 0 Å². The molecule has 1 aromatic carbocycles. The van der Waals surface area contributed by atoms with Gasteiger partial charge in [-0.25, -0.2) is 0 Å². The first-order valence-corrected chi connectivity index (χ1v) is 4.19. The van der Waals surface area contributed by atoms with Crippen molar-refractivity contribution in [2.45, 2.75) is 13.3 Å². The van der Waals surface area contributed by atoms with Gasteiger partial charge in [0.05, 0.1) is 0 Å². The second-order valence-electron chi connectivity index (χ2n) is 2.60. The van der Waals surface area contributed by atoms with Crippen molar-refractivity contribution in [2.24, 2.45) is 0 Å². The summed E-state index contributed by atoms with van der Waals surface area (Å²) in [6.07, 6.45) is 2.81. The van der Waals surface area contributed by atoms with Crippen molar-refractivity contribution in [3.63, 3.8) is 0 Å². The van der Waals surface area contributed by atoms with E-state index in [-0.39, 0.29) is 0 Å². The molecule has 64 valence electrons. The molecule has 1 aromatic rings. The van der Waals surface area contributed by atoms with E-state index in [1.165, 1.54) is 5.56 Å². The lowest BCUT2D eigenvalue weighted by Crippen LogP contribution is -1.92. The molecule has 0 N–H and O–H groups in total. The molecule has 0 heterocycles. The molecular formula is C11H14O. The molecule has 0 saturated carbocycles. The Morgan fingerprint density at radius 3 is 2.50 bits per heavy atom. The Balaban J connectivity index is 2.58. The molecule has 0 bridgehead atoms. The van der Waals surface area contributed by atoms with Crippen LogP contribution in [0, 0.1) is 0 Å². The van der Waals surface area contributed by atoms with E-state index in [1.807, 2.05) is 12.1 Å². The third kappa shape index (κ3) is 2.42. The van der Waals surface area contributed by atoms with Gasteiger partial charge in [0, 0.05) is 0 Å². The van der Waals surface area contributed by atoms with E-state index in [1.54, 1.807) is 6.08 Å². The second-order valence-corrected chi connectivity index (χ2v) is 2.60. The van der Waals surface area contributed by atoms with Gasteiger partial charge in [0.15, 0.2) is 0 Å². The molecule has 0 amide bonds. The van der Waals surface area contributed by atoms with Crippen LogP contribution >= 0.6 is 0 Å². The highest BCUT2D eigenvalue weighted by molar-refractivity contribution is 5.27. The predicted octanol–water partition coefficient (Wildman–Crippen LogP) is 2.81. The maximum Gasteiger partial charge on any atom is 0.119 e. The molecule has 0 saturated heterocycles. The smallest absolute Gasteiger partial charge is 0.119 e. The first-order valence-electron chi connectivity index (χ1n) is 4.19. The number of aryl methyl sites for hydroxylation is 1. The fraction of sp³-hybridized carbons (Fsp3) is 0.273. The van der Waals surface area contributed by atoms with Crippen molar-refractivity contribution in [3.8, 4) is 5.75 Å². The summed E-state index contributed by atoms with van der Waals surface area (Å²) < 4.78 is 5.34. The zero-order valence-corrected chi connectivity index (χ0v) is 7.42. The first-order chi connectivity index (χ1) is 5.86. The standard InChI is InChI=1S/C11H14O/c1-3-9-12-11-7-5-10(4-2)6-8-11/h3,5-8H,1,4,9H2,2H3. The largest absolute Gasteiger partial charge is 0.490 e. The third-order valence-corrected chi connectivity index (χ3v) is 1.70. The Morgan fingerprint density at radius 1 is 1.33 bits per heavy atom. The zero-order valence-electron chi connectivity index (χ0n) is 7.42. The number of hydrogen-bond acceptors (Lipinski definition) is 1. The highest BCUT2D eigenvalue weighted by Gasteiger charge is 1.91. The molecule has 0 aliphatic rings. The van der Waals surface area contributed by atoms with Gasteiger partial charge in [0.2, 0.25) is 0 Å². The highest BCUT2D eigenvalue weighted by Crippen LogP contribution is 2.12. The average molecular weight is 162 g/mol. The van der Waals surface area contributed by atoms with Crippen molar-refractivity contribution in [1.82, 2.24) is 0 Å². The van der Waals surface area contributed by atoms with Gasteiger partial charge in [-0.15, -0.1) is 0 Å². The number of hydrogen-bond donors (Lipinski definition) is 0. The number of rotatable bonds is 4. The van der Waals surface area contributed by atoms with Gasteiger partial charge in [-0.3, -0.25) is 0 Å². The van der Waals surface area contributed by atoms with Crippen LogP contribution in [-0.4, -0.2) is 6.61 Å². The van der Waals surface area contributed by atoms with E-state index in [2.05, 4.69) is 25.6 Å². The molecule has 0 atom stereocenters. The topological polar surface area (TPSA) is 9.23 Å². The Labute approximate surface area is 73.7 Å². The average Bonchev–Trinajstić information content (AvgIpc) is 2.15. The van der Waals surface area contributed by atoms with E-state index in [0.29, 0.717) is 6.61 Å². The van der Waals surface area contributed by atoms with Crippen LogP contribution in [0.2, 0.25) is 0 Å². The maximum atomic E-state index is 5.34. The van der Waals surface area contributed by atoms with Crippen LogP contribution < -0.4 is 4.74 Å². The van der Waals surface area contributed by atoms with E-state index in [9.17, 15) is 0 Å². The van der Waals surface area contributed by atoms with Crippen LogP contribution in [0.1, 0.15) is 12.5 Å². The van der Waals surface area contributed by atoms with Crippen molar-refractivity contribution in [3.05, 3.63) is 42.5 Å². The van der Waals surface area contributed by atoms with Gasteiger partial charge in [-0.2, -0.15) is 0 Å². The minimum atomic E-state index is 0.575. The SMILES string of the molecule is C=CCOc1ccc(CC)cc1. The lowest BCUT2D eigenvalue weighted by molar-refractivity contribution is 0.363. The molecule has 0 unspecified atom stereocenters. The van der Waals surface area contributed by atoms with Gasteiger partial charge in [-0.1, -0.05) is 31.7 Å². The molecule has 1 rings (SSSR count). The normalized spacial score (nSPS) is 9.42. The molecule has 1 nitrogen and oxygen atoms in total. The quantitative estimate of drug-likeness (QED) is 0.618. The lowest BCUT2D eigenvalue weighted by Gasteiger charge is -2.02. The van der Waals surface area contributed by atoms with E-state index < -0.39 is 0 Å². The van der Waals surface area contributed by atoms with Crippen LogP contribution in [0.5, 0.6) is 5.75 Å². The molecule has 0 aliphatic carbocycles. The summed E-state index contributed by atoms with van der Waals surface area (Å²) in [5, 5.41) is 0. The highest BCUT2D eigenvalue weighted by atomic mass is 16.5. The summed E-state index contributed by atoms with van der Waals surface area (Å²) in [7, 11) is 0. The molecule has 0 aromatic heterocycles. The second kappa shape index (κ2) is 4.60. The van der Waals surface area contributed by atoms with Crippen LogP contribution in [0.3, 0.4) is 0 Å². The van der Waals surface area contributed by atoms with Crippen molar-refractivity contribution in [2.75, 3.05) is 6.61 Å². The van der Waals surface area contributed by atoms with Crippen molar-refractivity contribution < 1.29 is 4.74 Å². The van der Waals surface area contributed by atoms with Crippen LogP contribution in [-0.2, 0) is 6.42 Å². The molecule has 0 radical (unpaired) electrons. The minimum Gasteiger partial charge on any atom is -0.490 e. The summed E-state index contributed by atoms with van der Waals surface area (Å²) in [6.45, 7) is 6.30. The fourth-order valence-corrected chi connectivity index (χ4v) is 0.977. The maximum absolute atomic E-state index is 5.34. The van der Waals surface area contributed by atoms with Crippen LogP contribution in [0.4, 0.5) is 0 Å². The first kappa shape index (κ1) is 8.85. The Bertz CT molecular complexity index is 236. The van der Waals surface area contributed by atoms with E-state index in [0.717, 1.165) is 12.2 Å². The van der Waals surface area contributed by atoms with Crippen molar-refractivity contribution >= 4 is 0 Å². The number of ether oxygens (including phenoxy) is 1. The number of benzene rings is 1. The van der Waals surface area contributed by atoms with Gasteiger partial charge in [0.1, 0.15) is 12.4 Å². The zero-order chi connectivity index (χ0) is 8.81. The molecule has 12 heavy (non-hydrogen) atoms. The lowest BCUT2D eigenvalue weighted by atomic mass is 10.2. The Kier molecular flexibility index (Phi) is 3.39. The predicted molar refractivity (Wildman–Crippen MR) is 51.5 cm³/mol. The van der Waals surface area contributed by atoms with Gasteiger partial charge < -0.3 is 4.74 Å². The van der Waals surface area contributed by atoms with E-state index >= 15 is 0 Å². The summed E-state index contributed by atoms with van der Waals surface area (Å²) in [4.78, 5) is 0. The summed E-state index contributed by atoms with van der Waals surface area (Å²) in [6, 6.07) is 8.14. The van der Waals surface area contributed by atoms with Gasteiger partial charge in [0.25, 0.3) is 0 Å². The summed E-state index contributed by atoms with van der Waals surface area (Å²) in [5.41, 5.74) is 1.33. The summed E-state index contributed by atoms with van der Waals surface area (Å²) in [5.74, 6) is 0.909. The molecule has 0 spiro atoms. The molecule has 1 heteroatoms. The molecule has 0 fully saturated rings.